The number of amides is 1. The smallest absolute Gasteiger partial charge is 0.252 e. The minimum atomic E-state index is -0.174. The van der Waals surface area contributed by atoms with E-state index in [9.17, 15) is 4.79 Å². The number of fused-ring (bicyclic) bond motifs is 1. The number of aromatic nitrogens is 1. The number of pyridine rings is 1. The Labute approximate surface area is 189 Å². The van der Waals surface area contributed by atoms with E-state index in [0.717, 1.165) is 33.3 Å². The molecule has 0 aliphatic rings. The van der Waals surface area contributed by atoms with Gasteiger partial charge in [0.25, 0.3) is 5.91 Å². The van der Waals surface area contributed by atoms with Crippen molar-refractivity contribution in [3.8, 4) is 11.3 Å². The predicted molar refractivity (Wildman–Crippen MR) is 125 cm³/mol. The summed E-state index contributed by atoms with van der Waals surface area (Å²) in [5.74, 6) is -0.174. The van der Waals surface area contributed by atoms with E-state index < -0.39 is 0 Å². The van der Waals surface area contributed by atoms with E-state index >= 15 is 0 Å². The van der Waals surface area contributed by atoms with Gasteiger partial charge in [0.15, 0.2) is 0 Å². The van der Waals surface area contributed by atoms with Gasteiger partial charge >= 0.3 is 0 Å². The van der Waals surface area contributed by atoms with Crippen LogP contribution in [0.1, 0.15) is 21.5 Å². The summed E-state index contributed by atoms with van der Waals surface area (Å²) < 4.78 is 0. The third kappa shape index (κ3) is 4.15. The fourth-order valence-electron chi connectivity index (χ4n) is 3.41. The minimum absolute atomic E-state index is 0.174. The van der Waals surface area contributed by atoms with Crippen LogP contribution in [0.25, 0.3) is 22.2 Å². The van der Waals surface area contributed by atoms with Crippen molar-refractivity contribution in [3.63, 3.8) is 0 Å². The highest BCUT2D eigenvalue weighted by molar-refractivity contribution is 6.42. The van der Waals surface area contributed by atoms with Crippen LogP contribution in [0, 0.1) is 6.92 Å². The van der Waals surface area contributed by atoms with E-state index in [4.69, 9.17) is 39.8 Å². The van der Waals surface area contributed by atoms with Crippen molar-refractivity contribution in [1.82, 2.24) is 10.3 Å². The molecule has 1 aromatic heterocycles. The quantitative estimate of drug-likeness (QED) is 0.356. The van der Waals surface area contributed by atoms with Gasteiger partial charge in [0.05, 0.1) is 26.8 Å². The Morgan fingerprint density at radius 3 is 2.40 bits per heavy atom. The van der Waals surface area contributed by atoms with Crippen LogP contribution in [-0.4, -0.2) is 10.9 Å². The van der Waals surface area contributed by atoms with Gasteiger partial charge < -0.3 is 5.32 Å². The van der Waals surface area contributed by atoms with Crippen LogP contribution in [0.3, 0.4) is 0 Å². The van der Waals surface area contributed by atoms with Crippen LogP contribution < -0.4 is 5.32 Å². The van der Waals surface area contributed by atoms with Crippen LogP contribution in [0.2, 0.25) is 15.1 Å². The summed E-state index contributed by atoms with van der Waals surface area (Å²) in [4.78, 5) is 18.0. The zero-order chi connectivity index (χ0) is 21.3. The zero-order valence-corrected chi connectivity index (χ0v) is 18.3. The van der Waals surface area contributed by atoms with E-state index in [0.29, 0.717) is 27.2 Å². The van der Waals surface area contributed by atoms with Gasteiger partial charge in [-0.25, -0.2) is 4.98 Å². The summed E-state index contributed by atoms with van der Waals surface area (Å²) >= 11 is 18.1. The standard InChI is InChI=1S/C24H17Cl3N2O/c1-14-22(24(30)28-13-15-6-11-19(26)20(27)12-15)18-4-2-3-5-21(18)29-23(14)16-7-9-17(25)10-8-16/h2-12H,13H2,1H3,(H,28,30). The van der Waals surface area contributed by atoms with Crippen LogP contribution >= 0.6 is 34.8 Å². The van der Waals surface area contributed by atoms with E-state index in [1.807, 2.05) is 61.5 Å². The molecule has 1 amide bonds. The Kier molecular flexibility index (Phi) is 5.96. The van der Waals surface area contributed by atoms with Gasteiger partial charge in [-0.2, -0.15) is 0 Å². The van der Waals surface area contributed by atoms with Gasteiger partial charge in [-0.05, 0) is 48.4 Å². The number of hydrogen-bond donors (Lipinski definition) is 1. The van der Waals surface area contributed by atoms with Gasteiger partial charge in [0.2, 0.25) is 0 Å². The monoisotopic (exact) mass is 454 g/mol. The van der Waals surface area contributed by atoms with E-state index in [-0.39, 0.29) is 5.91 Å². The van der Waals surface area contributed by atoms with E-state index in [2.05, 4.69) is 5.32 Å². The number of rotatable bonds is 4. The molecule has 150 valence electrons. The number of hydrogen-bond acceptors (Lipinski definition) is 2. The molecule has 0 bridgehead atoms. The summed E-state index contributed by atoms with van der Waals surface area (Å²) in [6.45, 7) is 2.25. The Hall–Kier alpha value is -2.59. The van der Waals surface area contributed by atoms with Crippen molar-refractivity contribution in [2.75, 3.05) is 0 Å². The first kappa shape index (κ1) is 20.7. The molecule has 3 nitrogen and oxygen atoms in total. The normalized spacial score (nSPS) is 10.9. The molecule has 0 spiro atoms. The first-order valence-electron chi connectivity index (χ1n) is 9.31. The predicted octanol–water partition coefficient (Wildman–Crippen LogP) is 7.10. The SMILES string of the molecule is Cc1c(-c2ccc(Cl)cc2)nc2ccccc2c1C(=O)NCc1ccc(Cl)c(Cl)c1. The lowest BCUT2D eigenvalue weighted by Gasteiger charge is -2.15. The third-order valence-electron chi connectivity index (χ3n) is 4.92. The second kappa shape index (κ2) is 8.65. The number of nitrogens with zero attached hydrogens (tertiary/aromatic N) is 1. The number of carbonyl (C=O) groups is 1. The van der Waals surface area contributed by atoms with Crippen molar-refractivity contribution >= 4 is 51.6 Å². The number of benzene rings is 3. The molecule has 0 saturated heterocycles. The zero-order valence-electron chi connectivity index (χ0n) is 16.0. The van der Waals surface area contributed by atoms with Crippen LogP contribution in [0.15, 0.2) is 66.7 Å². The third-order valence-corrected chi connectivity index (χ3v) is 5.91. The van der Waals surface area contributed by atoms with Gasteiger partial charge in [0.1, 0.15) is 0 Å². The lowest BCUT2D eigenvalue weighted by Crippen LogP contribution is -2.24. The summed E-state index contributed by atoms with van der Waals surface area (Å²) in [5.41, 5.74) is 4.69. The maximum Gasteiger partial charge on any atom is 0.252 e. The van der Waals surface area contributed by atoms with Crippen molar-refractivity contribution in [3.05, 3.63) is 98.5 Å². The van der Waals surface area contributed by atoms with Crippen LogP contribution in [-0.2, 0) is 6.54 Å². The molecular weight excluding hydrogens is 439 g/mol. The van der Waals surface area contributed by atoms with Crippen molar-refractivity contribution < 1.29 is 4.79 Å². The lowest BCUT2D eigenvalue weighted by atomic mass is 9.97. The molecule has 0 unspecified atom stereocenters. The highest BCUT2D eigenvalue weighted by Gasteiger charge is 2.19. The number of nitrogens with one attached hydrogen (secondary N) is 1. The molecule has 6 heteroatoms. The molecule has 4 aromatic rings. The van der Waals surface area contributed by atoms with Crippen LogP contribution in [0.4, 0.5) is 0 Å². The highest BCUT2D eigenvalue weighted by atomic mass is 35.5. The summed E-state index contributed by atoms with van der Waals surface area (Å²) in [7, 11) is 0. The second-order valence-electron chi connectivity index (χ2n) is 6.92. The fraction of sp³-hybridized carbons (Fsp3) is 0.0833. The van der Waals surface area contributed by atoms with E-state index in [1.165, 1.54) is 0 Å². The number of carbonyl (C=O) groups excluding carboxylic acids is 1. The van der Waals surface area contributed by atoms with E-state index in [1.54, 1.807) is 12.1 Å². The molecule has 3 aromatic carbocycles. The molecule has 4 rings (SSSR count). The molecule has 0 atom stereocenters. The molecule has 0 fully saturated rings. The van der Waals surface area contributed by atoms with Gasteiger partial charge in [-0.3, -0.25) is 4.79 Å². The number of para-hydroxylation sites is 1. The van der Waals surface area contributed by atoms with Crippen molar-refractivity contribution in [1.29, 1.82) is 0 Å². The molecule has 1 N–H and O–H groups in total. The van der Waals surface area contributed by atoms with Crippen LogP contribution in [0.5, 0.6) is 0 Å². The second-order valence-corrected chi connectivity index (χ2v) is 8.17. The fourth-order valence-corrected chi connectivity index (χ4v) is 3.86. The highest BCUT2D eigenvalue weighted by Crippen LogP contribution is 2.30. The average molecular weight is 456 g/mol. The largest absolute Gasteiger partial charge is 0.348 e. The Morgan fingerprint density at radius 1 is 0.933 bits per heavy atom. The first-order chi connectivity index (χ1) is 14.4. The maximum atomic E-state index is 13.2. The molecule has 0 radical (unpaired) electrons. The Morgan fingerprint density at radius 2 is 1.67 bits per heavy atom. The summed E-state index contributed by atoms with van der Waals surface area (Å²) in [6.07, 6.45) is 0. The molecule has 0 saturated carbocycles. The van der Waals surface area contributed by atoms with Gasteiger partial charge in [-0.15, -0.1) is 0 Å². The van der Waals surface area contributed by atoms with Gasteiger partial charge in [-0.1, -0.05) is 71.2 Å². The summed E-state index contributed by atoms with van der Waals surface area (Å²) in [5, 5.41) is 5.39. The Balaban J connectivity index is 1.74. The molecule has 0 aliphatic carbocycles. The van der Waals surface area contributed by atoms with Gasteiger partial charge in [0, 0.05) is 22.5 Å². The topological polar surface area (TPSA) is 42.0 Å². The Bertz CT molecular complexity index is 1250. The molecule has 1 heterocycles. The van der Waals surface area contributed by atoms with Crippen molar-refractivity contribution in [2.45, 2.75) is 13.5 Å². The molecule has 0 aliphatic heterocycles. The maximum absolute atomic E-state index is 13.2. The summed E-state index contributed by atoms with van der Waals surface area (Å²) in [6, 6.07) is 20.4. The first-order valence-corrected chi connectivity index (χ1v) is 10.4. The molecular formula is C24H17Cl3N2O. The average Bonchev–Trinajstić information content (AvgIpc) is 2.74. The lowest BCUT2D eigenvalue weighted by molar-refractivity contribution is 0.0952. The molecule has 30 heavy (non-hydrogen) atoms. The minimum Gasteiger partial charge on any atom is -0.348 e. The number of halogens is 3. The van der Waals surface area contributed by atoms with Crippen molar-refractivity contribution in [2.24, 2.45) is 0 Å².